The zero-order valence-electron chi connectivity index (χ0n) is 11.9. The Morgan fingerprint density at radius 3 is 2.75 bits per heavy atom. The van der Waals surface area contributed by atoms with Crippen LogP contribution in [0.2, 0.25) is 0 Å². The third-order valence-electron chi connectivity index (χ3n) is 3.13. The topological polar surface area (TPSA) is 46.6 Å². The first-order valence-electron chi connectivity index (χ1n) is 6.61. The standard InChI is InChI=1S/C15H20BrNO3/c1-17(9-5-3-4-6-15(19)20-2)14-8-7-13(16)10-12(14)11-18/h7-8,10-11H,3-6,9H2,1-2H3. The van der Waals surface area contributed by atoms with Crippen molar-refractivity contribution in [1.29, 1.82) is 0 Å². The van der Waals surface area contributed by atoms with Gasteiger partial charge >= 0.3 is 5.97 Å². The molecular weight excluding hydrogens is 322 g/mol. The Morgan fingerprint density at radius 2 is 2.10 bits per heavy atom. The predicted octanol–water partition coefficient (Wildman–Crippen LogP) is 3.43. The van der Waals surface area contributed by atoms with Crippen molar-refractivity contribution in [3.8, 4) is 0 Å². The van der Waals surface area contributed by atoms with Gasteiger partial charge in [-0.2, -0.15) is 0 Å². The predicted molar refractivity (Wildman–Crippen MR) is 83.3 cm³/mol. The van der Waals surface area contributed by atoms with Crippen LogP contribution >= 0.6 is 15.9 Å². The minimum absolute atomic E-state index is 0.158. The van der Waals surface area contributed by atoms with Crippen LogP contribution in [0, 0.1) is 0 Å². The summed E-state index contributed by atoms with van der Waals surface area (Å²) in [5, 5.41) is 0. The molecule has 0 heterocycles. The average Bonchev–Trinajstić information content (AvgIpc) is 2.46. The lowest BCUT2D eigenvalue weighted by Gasteiger charge is -2.21. The highest BCUT2D eigenvalue weighted by Gasteiger charge is 2.07. The summed E-state index contributed by atoms with van der Waals surface area (Å²) < 4.78 is 5.49. The number of halogens is 1. The van der Waals surface area contributed by atoms with Crippen molar-refractivity contribution in [2.45, 2.75) is 25.7 Å². The van der Waals surface area contributed by atoms with Crippen LogP contribution in [-0.4, -0.2) is 33.0 Å². The minimum atomic E-state index is -0.158. The van der Waals surface area contributed by atoms with Crippen molar-refractivity contribution in [1.82, 2.24) is 0 Å². The third-order valence-corrected chi connectivity index (χ3v) is 3.62. The number of benzene rings is 1. The van der Waals surface area contributed by atoms with E-state index in [0.717, 1.165) is 42.3 Å². The molecular formula is C15H20BrNO3. The number of aldehydes is 1. The molecule has 0 spiro atoms. The number of rotatable bonds is 8. The van der Waals surface area contributed by atoms with Gasteiger partial charge in [-0.1, -0.05) is 22.4 Å². The molecule has 0 N–H and O–H groups in total. The van der Waals surface area contributed by atoms with Crippen molar-refractivity contribution in [2.75, 3.05) is 25.6 Å². The van der Waals surface area contributed by atoms with Gasteiger partial charge in [-0.25, -0.2) is 0 Å². The summed E-state index contributed by atoms with van der Waals surface area (Å²) in [4.78, 5) is 24.1. The normalized spacial score (nSPS) is 10.2. The van der Waals surface area contributed by atoms with E-state index in [1.54, 1.807) is 0 Å². The minimum Gasteiger partial charge on any atom is -0.469 e. The maximum atomic E-state index is 11.1. The lowest BCUT2D eigenvalue weighted by Crippen LogP contribution is -2.20. The van der Waals surface area contributed by atoms with E-state index in [2.05, 4.69) is 25.6 Å². The second-order valence-corrected chi connectivity index (χ2v) is 5.55. The van der Waals surface area contributed by atoms with Gasteiger partial charge in [-0.15, -0.1) is 0 Å². The number of esters is 1. The molecule has 0 bridgehead atoms. The highest BCUT2D eigenvalue weighted by atomic mass is 79.9. The van der Waals surface area contributed by atoms with Crippen LogP contribution in [0.15, 0.2) is 22.7 Å². The summed E-state index contributed by atoms with van der Waals surface area (Å²) in [6.07, 6.45) is 4.11. The molecule has 1 rings (SSSR count). The van der Waals surface area contributed by atoms with Crippen LogP contribution in [-0.2, 0) is 9.53 Å². The van der Waals surface area contributed by atoms with Gasteiger partial charge in [0.1, 0.15) is 0 Å². The monoisotopic (exact) mass is 341 g/mol. The van der Waals surface area contributed by atoms with E-state index >= 15 is 0 Å². The first kappa shape index (κ1) is 16.7. The number of hydrogen-bond acceptors (Lipinski definition) is 4. The molecule has 0 radical (unpaired) electrons. The smallest absolute Gasteiger partial charge is 0.305 e. The molecule has 4 nitrogen and oxygen atoms in total. The fraction of sp³-hybridized carbons (Fsp3) is 0.467. The third kappa shape index (κ3) is 5.33. The second-order valence-electron chi connectivity index (χ2n) is 4.63. The highest BCUT2D eigenvalue weighted by molar-refractivity contribution is 9.10. The zero-order valence-corrected chi connectivity index (χ0v) is 13.5. The molecule has 20 heavy (non-hydrogen) atoms. The van der Waals surface area contributed by atoms with Crippen LogP contribution in [0.1, 0.15) is 36.0 Å². The van der Waals surface area contributed by atoms with Crippen molar-refractivity contribution in [3.05, 3.63) is 28.2 Å². The molecule has 0 aliphatic carbocycles. The maximum absolute atomic E-state index is 11.1. The van der Waals surface area contributed by atoms with Gasteiger partial charge < -0.3 is 9.64 Å². The van der Waals surface area contributed by atoms with Gasteiger partial charge in [0.2, 0.25) is 0 Å². The molecule has 0 aliphatic rings. The van der Waals surface area contributed by atoms with Crippen LogP contribution in [0.4, 0.5) is 5.69 Å². The summed E-state index contributed by atoms with van der Waals surface area (Å²) in [6.45, 7) is 0.851. The van der Waals surface area contributed by atoms with E-state index < -0.39 is 0 Å². The molecule has 0 atom stereocenters. The first-order chi connectivity index (χ1) is 9.58. The lowest BCUT2D eigenvalue weighted by atomic mass is 10.1. The van der Waals surface area contributed by atoms with Gasteiger partial charge in [0.05, 0.1) is 7.11 Å². The number of unbranched alkanes of at least 4 members (excludes halogenated alkanes) is 2. The van der Waals surface area contributed by atoms with E-state index in [4.69, 9.17) is 0 Å². The Kier molecular flexibility index (Phi) is 7.30. The van der Waals surface area contributed by atoms with Gasteiger partial charge in [-0.05, 0) is 31.0 Å². The number of carbonyl (C=O) groups is 2. The van der Waals surface area contributed by atoms with E-state index in [1.807, 2.05) is 25.2 Å². The zero-order chi connectivity index (χ0) is 15.0. The summed E-state index contributed by atoms with van der Waals surface area (Å²) in [6, 6.07) is 5.68. The summed E-state index contributed by atoms with van der Waals surface area (Å²) >= 11 is 3.36. The molecule has 5 heteroatoms. The number of ether oxygens (including phenoxy) is 1. The van der Waals surface area contributed by atoms with Crippen LogP contribution in [0.25, 0.3) is 0 Å². The van der Waals surface area contributed by atoms with Crippen molar-refractivity contribution in [2.24, 2.45) is 0 Å². The Balaban J connectivity index is 2.41. The van der Waals surface area contributed by atoms with E-state index in [1.165, 1.54) is 7.11 Å². The summed E-state index contributed by atoms with van der Waals surface area (Å²) in [5.41, 5.74) is 1.60. The van der Waals surface area contributed by atoms with Crippen molar-refractivity contribution < 1.29 is 14.3 Å². The molecule has 0 aliphatic heterocycles. The lowest BCUT2D eigenvalue weighted by molar-refractivity contribution is -0.140. The van der Waals surface area contributed by atoms with E-state index in [9.17, 15) is 9.59 Å². The van der Waals surface area contributed by atoms with E-state index in [0.29, 0.717) is 12.0 Å². The van der Waals surface area contributed by atoms with Gasteiger partial charge in [-0.3, -0.25) is 9.59 Å². The Labute approximate surface area is 128 Å². The van der Waals surface area contributed by atoms with Crippen LogP contribution in [0.5, 0.6) is 0 Å². The Bertz CT molecular complexity index is 462. The number of methoxy groups -OCH3 is 1. The molecule has 110 valence electrons. The Morgan fingerprint density at radius 1 is 1.35 bits per heavy atom. The SMILES string of the molecule is COC(=O)CCCCCN(C)c1ccc(Br)cc1C=O. The first-order valence-corrected chi connectivity index (χ1v) is 7.40. The molecule has 0 amide bonds. The summed E-state index contributed by atoms with van der Waals surface area (Å²) in [7, 11) is 3.38. The molecule has 0 saturated heterocycles. The fourth-order valence-electron chi connectivity index (χ4n) is 1.98. The second kappa shape index (κ2) is 8.74. The van der Waals surface area contributed by atoms with E-state index in [-0.39, 0.29) is 5.97 Å². The van der Waals surface area contributed by atoms with Crippen molar-refractivity contribution in [3.63, 3.8) is 0 Å². The number of hydrogen-bond donors (Lipinski definition) is 0. The molecule has 0 saturated carbocycles. The number of nitrogens with zero attached hydrogens (tertiary/aromatic N) is 1. The molecule has 1 aromatic carbocycles. The Hall–Kier alpha value is -1.36. The highest BCUT2D eigenvalue weighted by Crippen LogP contribution is 2.22. The number of anilines is 1. The average molecular weight is 342 g/mol. The molecule has 0 unspecified atom stereocenters. The molecule has 0 fully saturated rings. The fourth-order valence-corrected chi connectivity index (χ4v) is 2.36. The van der Waals surface area contributed by atoms with Crippen molar-refractivity contribution >= 4 is 33.9 Å². The molecule has 0 aromatic heterocycles. The quantitative estimate of drug-likeness (QED) is 0.413. The molecule has 1 aromatic rings. The largest absolute Gasteiger partial charge is 0.469 e. The summed E-state index contributed by atoms with van der Waals surface area (Å²) in [5.74, 6) is -0.158. The maximum Gasteiger partial charge on any atom is 0.305 e. The van der Waals surface area contributed by atoms with Crippen LogP contribution in [0.3, 0.4) is 0 Å². The number of carbonyl (C=O) groups excluding carboxylic acids is 2. The van der Waals surface area contributed by atoms with Gasteiger partial charge in [0.15, 0.2) is 6.29 Å². The van der Waals surface area contributed by atoms with Gasteiger partial charge in [0, 0.05) is 35.7 Å². The van der Waals surface area contributed by atoms with Crippen LogP contribution < -0.4 is 4.90 Å². The van der Waals surface area contributed by atoms with Gasteiger partial charge in [0.25, 0.3) is 0 Å².